The largest absolute Gasteiger partial charge is 0.327 e. The number of halogens is 2. The van der Waals surface area contributed by atoms with Crippen LogP contribution in [0.3, 0.4) is 0 Å². The van der Waals surface area contributed by atoms with Crippen LogP contribution in [-0.4, -0.2) is 15.8 Å². The van der Waals surface area contributed by atoms with Crippen LogP contribution in [0.2, 0.25) is 10.0 Å². The Morgan fingerprint density at radius 2 is 2.00 bits per heavy atom. The summed E-state index contributed by atoms with van der Waals surface area (Å²) in [6, 6.07) is 7.58. The Balaban J connectivity index is 2.05. The van der Waals surface area contributed by atoms with Gasteiger partial charge in [-0.05, 0) is 37.1 Å². The minimum atomic E-state index is 0.00785. The molecular weight excluding hydrogens is 281 g/mol. The summed E-state index contributed by atoms with van der Waals surface area (Å²) >= 11 is 12.0. The molecule has 0 bridgehead atoms. The van der Waals surface area contributed by atoms with Gasteiger partial charge in [0.2, 0.25) is 0 Å². The molecule has 0 saturated heterocycles. The van der Waals surface area contributed by atoms with Gasteiger partial charge in [0.1, 0.15) is 0 Å². The number of rotatable bonds is 4. The average molecular weight is 298 g/mol. The van der Waals surface area contributed by atoms with Gasteiger partial charge >= 0.3 is 0 Å². The Kier molecular flexibility index (Phi) is 4.50. The van der Waals surface area contributed by atoms with Crippen molar-refractivity contribution in [3.05, 3.63) is 51.3 Å². The summed E-state index contributed by atoms with van der Waals surface area (Å²) in [5, 5.41) is 5.63. The number of hydrogen-bond donors (Lipinski definition) is 1. The number of aryl methyl sites for hydroxylation is 2. The fraction of sp³-hybridized carbons (Fsp3) is 0.357. The fourth-order valence-electron chi connectivity index (χ4n) is 2.17. The normalized spacial score (nSPS) is 12.7. The molecule has 0 amide bonds. The van der Waals surface area contributed by atoms with Crippen molar-refractivity contribution in [2.45, 2.75) is 25.8 Å². The van der Waals surface area contributed by atoms with Crippen molar-refractivity contribution in [1.29, 1.82) is 0 Å². The van der Waals surface area contributed by atoms with E-state index in [1.165, 1.54) is 0 Å². The van der Waals surface area contributed by atoms with Crippen molar-refractivity contribution in [1.82, 2.24) is 9.78 Å². The molecule has 1 heterocycles. The maximum atomic E-state index is 6.19. The van der Waals surface area contributed by atoms with Crippen LogP contribution in [0.4, 0.5) is 0 Å². The van der Waals surface area contributed by atoms with Crippen LogP contribution in [0, 0.1) is 6.92 Å². The van der Waals surface area contributed by atoms with Gasteiger partial charge in [-0.25, -0.2) is 0 Å². The molecule has 0 aliphatic heterocycles. The van der Waals surface area contributed by atoms with E-state index >= 15 is 0 Å². The first-order valence-corrected chi connectivity index (χ1v) is 6.90. The van der Waals surface area contributed by atoms with Gasteiger partial charge < -0.3 is 5.73 Å². The average Bonchev–Trinajstić information content (AvgIpc) is 2.61. The van der Waals surface area contributed by atoms with E-state index in [-0.39, 0.29) is 6.04 Å². The van der Waals surface area contributed by atoms with Crippen molar-refractivity contribution in [3.8, 4) is 0 Å². The minimum Gasteiger partial charge on any atom is -0.327 e. The molecule has 1 unspecified atom stereocenters. The molecule has 1 atom stereocenters. The summed E-state index contributed by atoms with van der Waals surface area (Å²) in [6.07, 6.45) is 1.50. The van der Waals surface area contributed by atoms with Crippen LogP contribution >= 0.6 is 23.2 Å². The maximum absolute atomic E-state index is 6.19. The molecule has 1 aromatic carbocycles. The highest BCUT2D eigenvalue weighted by atomic mass is 35.5. The Hall–Kier alpha value is -1.03. The second kappa shape index (κ2) is 5.95. The van der Waals surface area contributed by atoms with Crippen LogP contribution in [0.25, 0.3) is 0 Å². The molecule has 0 radical (unpaired) electrons. The lowest BCUT2D eigenvalue weighted by molar-refractivity contribution is 0.612. The minimum absolute atomic E-state index is 0.00785. The molecule has 0 aliphatic rings. The maximum Gasteiger partial charge on any atom is 0.0596 e. The molecule has 0 fully saturated rings. The lowest BCUT2D eigenvalue weighted by atomic mass is 10.0. The molecule has 0 saturated carbocycles. The SMILES string of the molecule is Cc1cc(CC(N)Cc2ccc(Cl)cc2Cl)n(C)n1. The number of nitrogens with zero attached hydrogens (tertiary/aromatic N) is 2. The zero-order valence-electron chi connectivity index (χ0n) is 11.0. The van der Waals surface area contributed by atoms with Crippen molar-refractivity contribution >= 4 is 23.2 Å². The Bertz CT molecular complexity index is 578. The zero-order chi connectivity index (χ0) is 14.0. The van der Waals surface area contributed by atoms with Gasteiger partial charge in [-0.15, -0.1) is 0 Å². The Labute approximate surface area is 123 Å². The van der Waals surface area contributed by atoms with Crippen molar-refractivity contribution in [2.24, 2.45) is 12.8 Å². The lowest BCUT2D eigenvalue weighted by Crippen LogP contribution is -2.26. The number of nitrogens with two attached hydrogens (primary N) is 1. The molecular formula is C14H17Cl2N3. The fourth-order valence-corrected chi connectivity index (χ4v) is 2.65. The number of benzene rings is 1. The van der Waals surface area contributed by atoms with Crippen molar-refractivity contribution < 1.29 is 0 Å². The second-order valence-electron chi connectivity index (χ2n) is 4.80. The molecule has 5 heteroatoms. The van der Waals surface area contributed by atoms with E-state index in [2.05, 4.69) is 11.2 Å². The highest BCUT2D eigenvalue weighted by molar-refractivity contribution is 6.35. The molecule has 2 rings (SSSR count). The van der Waals surface area contributed by atoms with Crippen LogP contribution in [0.1, 0.15) is 17.0 Å². The second-order valence-corrected chi connectivity index (χ2v) is 5.65. The molecule has 2 aromatic rings. The first-order chi connectivity index (χ1) is 8.95. The van der Waals surface area contributed by atoms with Crippen LogP contribution in [0.15, 0.2) is 24.3 Å². The molecule has 19 heavy (non-hydrogen) atoms. The van der Waals surface area contributed by atoms with E-state index in [1.807, 2.05) is 30.8 Å². The number of aromatic nitrogens is 2. The van der Waals surface area contributed by atoms with E-state index in [1.54, 1.807) is 6.07 Å². The topological polar surface area (TPSA) is 43.8 Å². The first-order valence-electron chi connectivity index (χ1n) is 6.14. The van der Waals surface area contributed by atoms with Gasteiger partial charge in [-0.1, -0.05) is 29.3 Å². The highest BCUT2D eigenvalue weighted by Crippen LogP contribution is 2.22. The molecule has 0 spiro atoms. The molecule has 3 nitrogen and oxygen atoms in total. The van der Waals surface area contributed by atoms with Crippen molar-refractivity contribution in [2.75, 3.05) is 0 Å². The van der Waals surface area contributed by atoms with Gasteiger partial charge in [-0.3, -0.25) is 4.68 Å². The molecule has 1 aromatic heterocycles. The third-order valence-electron chi connectivity index (χ3n) is 3.07. The molecule has 2 N–H and O–H groups in total. The zero-order valence-corrected chi connectivity index (χ0v) is 12.5. The van der Waals surface area contributed by atoms with E-state index in [9.17, 15) is 0 Å². The summed E-state index contributed by atoms with van der Waals surface area (Å²) in [6.45, 7) is 1.98. The van der Waals surface area contributed by atoms with Crippen molar-refractivity contribution in [3.63, 3.8) is 0 Å². The third-order valence-corrected chi connectivity index (χ3v) is 3.65. The van der Waals surface area contributed by atoms with Gasteiger partial charge in [0.25, 0.3) is 0 Å². The van der Waals surface area contributed by atoms with Gasteiger partial charge in [0.05, 0.1) is 5.69 Å². The van der Waals surface area contributed by atoms with Crippen LogP contribution in [-0.2, 0) is 19.9 Å². The molecule has 0 aliphatic carbocycles. The van der Waals surface area contributed by atoms with E-state index in [4.69, 9.17) is 28.9 Å². The quantitative estimate of drug-likeness (QED) is 0.942. The third kappa shape index (κ3) is 3.72. The van der Waals surface area contributed by atoms with Gasteiger partial charge in [0.15, 0.2) is 0 Å². The van der Waals surface area contributed by atoms with E-state index in [0.29, 0.717) is 10.0 Å². The predicted octanol–water partition coefficient (Wildman–Crippen LogP) is 3.15. The summed E-state index contributed by atoms with van der Waals surface area (Å²) < 4.78 is 1.87. The standard InChI is InChI=1S/C14H17Cl2N3/c1-9-5-13(19(2)18-9)8-12(17)6-10-3-4-11(15)7-14(10)16/h3-5,7,12H,6,8,17H2,1-2H3. The monoisotopic (exact) mass is 297 g/mol. The smallest absolute Gasteiger partial charge is 0.0596 e. The van der Waals surface area contributed by atoms with Crippen LogP contribution < -0.4 is 5.73 Å². The summed E-state index contributed by atoms with van der Waals surface area (Å²) in [5.41, 5.74) is 9.36. The Morgan fingerprint density at radius 3 is 2.58 bits per heavy atom. The first kappa shape index (κ1) is 14.4. The van der Waals surface area contributed by atoms with Crippen LogP contribution in [0.5, 0.6) is 0 Å². The van der Waals surface area contributed by atoms with E-state index < -0.39 is 0 Å². The Morgan fingerprint density at radius 1 is 1.26 bits per heavy atom. The van der Waals surface area contributed by atoms with Gasteiger partial charge in [0, 0.05) is 35.2 Å². The lowest BCUT2D eigenvalue weighted by Gasteiger charge is -2.13. The van der Waals surface area contributed by atoms with E-state index in [0.717, 1.165) is 29.8 Å². The predicted molar refractivity (Wildman–Crippen MR) is 79.8 cm³/mol. The summed E-state index contributed by atoms with van der Waals surface area (Å²) in [4.78, 5) is 0. The van der Waals surface area contributed by atoms with Gasteiger partial charge in [-0.2, -0.15) is 5.10 Å². The molecule has 102 valence electrons. The highest BCUT2D eigenvalue weighted by Gasteiger charge is 2.11. The summed E-state index contributed by atoms with van der Waals surface area (Å²) in [7, 11) is 1.93. The summed E-state index contributed by atoms with van der Waals surface area (Å²) in [5.74, 6) is 0. The number of hydrogen-bond acceptors (Lipinski definition) is 2.